The summed E-state index contributed by atoms with van der Waals surface area (Å²) in [5.41, 5.74) is 1.19. The average molecular weight is 261 g/mol. The fourth-order valence-corrected chi connectivity index (χ4v) is 1.72. The number of rotatable bonds is 5. The molecule has 1 rings (SSSR count). The van der Waals surface area contributed by atoms with Gasteiger partial charge in [0, 0.05) is 19.6 Å². The number of likely N-dealkylation sites (N-methyl/N-ethyl adjacent to an activating group) is 2. The Bertz CT molecular complexity index is 340. The first kappa shape index (κ1) is 13.8. The van der Waals surface area contributed by atoms with Gasteiger partial charge in [-0.1, -0.05) is 29.3 Å². The van der Waals surface area contributed by atoms with Crippen molar-refractivity contribution in [2.24, 2.45) is 0 Å². The lowest BCUT2D eigenvalue weighted by atomic mass is 10.2. The van der Waals surface area contributed by atoms with Gasteiger partial charge in [-0.25, -0.2) is 0 Å². The highest BCUT2D eigenvalue weighted by molar-refractivity contribution is 6.42. The normalized spacial score (nSPS) is 11.4. The van der Waals surface area contributed by atoms with Crippen molar-refractivity contribution >= 4 is 23.2 Å². The summed E-state index contributed by atoms with van der Waals surface area (Å²) in [6, 6.07) is 5.79. The molecule has 0 N–H and O–H groups in total. The van der Waals surface area contributed by atoms with Crippen molar-refractivity contribution in [3.8, 4) is 0 Å². The SMILES string of the molecule is CN(C)CCN(C)Cc1ccc(Cl)c(Cl)c1. The van der Waals surface area contributed by atoms with Crippen LogP contribution in [-0.2, 0) is 6.54 Å². The molecule has 0 aliphatic heterocycles. The largest absolute Gasteiger partial charge is 0.308 e. The van der Waals surface area contributed by atoms with Crippen LogP contribution in [0.3, 0.4) is 0 Å². The van der Waals surface area contributed by atoms with Crippen molar-refractivity contribution in [1.82, 2.24) is 9.80 Å². The first-order valence-corrected chi connectivity index (χ1v) is 6.02. The summed E-state index contributed by atoms with van der Waals surface area (Å²) in [6.45, 7) is 2.98. The quantitative estimate of drug-likeness (QED) is 0.804. The van der Waals surface area contributed by atoms with Crippen LogP contribution in [0.5, 0.6) is 0 Å². The molecule has 90 valence electrons. The number of benzene rings is 1. The monoisotopic (exact) mass is 260 g/mol. The van der Waals surface area contributed by atoms with Crippen LogP contribution in [0.2, 0.25) is 10.0 Å². The minimum atomic E-state index is 0.612. The minimum Gasteiger partial charge on any atom is -0.308 e. The van der Waals surface area contributed by atoms with Crippen LogP contribution >= 0.6 is 23.2 Å². The average Bonchev–Trinajstić information content (AvgIpc) is 2.21. The summed E-state index contributed by atoms with van der Waals surface area (Å²) in [7, 11) is 6.26. The molecule has 0 amide bonds. The van der Waals surface area contributed by atoms with E-state index in [1.807, 2.05) is 18.2 Å². The number of nitrogens with zero attached hydrogens (tertiary/aromatic N) is 2. The number of hydrogen-bond donors (Lipinski definition) is 0. The van der Waals surface area contributed by atoms with Crippen molar-refractivity contribution in [3.05, 3.63) is 33.8 Å². The van der Waals surface area contributed by atoms with E-state index in [2.05, 4.69) is 30.9 Å². The predicted molar refractivity (Wildman–Crippen MR) is 71.4 cm³/mol. The van der Waals surface area contributed by atoms with Gasteiger partial charge in [-0.05, 0) is 38.8 Å². The third-order valence-electron chi connectivity index (χ3n) is 2.37. The first-order valence-electron chi connectivity index (χ1n) is 5.26. The third-order valence-corrected chi connectivity index (χ3v) is 3.10. The molecule has 1 aromatic rings. The van der Waals surface area contributed by atoms with E-state index < -0.39 is 0 Å². The summed E-state index contributed by atoms with van der Waals surface area (Å²) in [5.74, 6) is 0. The van der Waals surface area contributed by atoms with Crippen LogP contribution in [0.1, 0.15) is 5.56 Å². The molecule has 0 bridgehead atoms. The van der Waals surface area contributed by atoms with E-state index >= 15 is 0 Å². The van der Waals surface area contributed by atoms with Gasteiger partial charge in [0.2, 0.25) is 0 Å². The summed E-state index contributed by atoms with van der Waals surface area (Å²) in [4.78, 5) is 4.44. The maximum Gasteiger partial charge on any atom is 0.0595 e. The summed E-state index contributed by atoms with van der Waals surface area (Å²) >= 11 is 11.8. The fraction of sp³-hybridized carbons (Fsp3) is 0.500. The molecule has 0 spiro atoms. The summed E-state index contributed by atoms with van der Waals surface area (Å²) in [5, 5.41) is 1.24. The van der Waals surface area contributed by atoms with E-state index in [1.54, 1.807) is 0 Å². The molecule has 0 fully saturated rings. The molecule has 2 nitrogen and oxygen atoms in total. The second kappa shape index (κ2) is 6.45. The Labute approximate surface area is 108 Å². The minimum absolute atomic E-state index is 0.612. The molecular weight excluding hydrogens is 243 g/mol. The van der Waals surface area contributed by atoms with E-state index in [0.717, 1.165) is 19.6 Å². The maximum atomic E-state index is 5.97. The standard InChI is InChI=1S/C12H18Cl2N2/c1-15(2)6-7-16(3)9-10-4-5-11(13)12(14)8-10/h4-5,8H,6-7,9H2,1-3H3. The van der Waals surface area contributed by atoms with Gasteiger partial charge < -0.3 is 9.80 Å². The zero-order valence-electron chi connectivity index (χ0n) is 10.0. The Morgan fingerprint density at radius 2 is 1.69 bits per heavy atom. The number of halogens is 2. The van der Waals surface area contributed by atoms with Crippen molar-refractivity contribution in [1.29, 1.82) is 0 Å². The van der Waals surface area contributed by atoms with Crippen LogP contribution in [0.25, 0.3) is 0 Å². The van der Waals surface area contributed by atoms with Crippen LogP contribution in [0, 0.1) is 0 Å². The van der Waals surface area contributed by atoms with Gasteiger partial charge >= 0.3 is 0 Å². The Balaban J connectivity index is 2.49. The molecule has 0 aliphatic carbocycles. The second-order valence-corrected chi connectivity index (χ2v) is 5.10. The molecule has 16 heavy (non-hydrogen) atoms. The maximum absolute atomic E-state index is 5.97. The first-order chi connectivity index (χ1) is 7.49. The van der Waals surface area contributed by atoms with E-state index in [-0.39, 0.29) is 0 Å². The van der Waals surface area contributed by atoms with E-state index in [1.165, 1.54) is 5.56 Å². The zero-order chi connectivity index (χ0) is 12.1. The van der Waals surface area contributed by atoms with Gasteiger partial charge in [-0.2, -0.15) is 0 Å². The molecule has 0 saturated heterocycles. The summed E-state index contributed by atoms with van der Waals surface area (Å²) in [6.07, 6.45) is 0. The lowest BCUT2D eigenvalue weighted by molar-refractivity contribution is 0.276. The van der Waals surface area contributed by atoms with Gasteiger partial charge in [0.15, 0.2) is 0 Å². The van der Waals surface area contributed by atoms with Crippen LogP contribution in [-0.4, -0.2) is 44.0 Å². The third kappa shape index (κ3) is 4.71. The molecule has 1 aromatic carbocycles. The molecule has 4 heteroatoms. The Morgan fingerprint density at radius 3 is 2.25 bits per heavy atom. The molecule has 0 atom stereocenters. The molecule has 0 saturated carbocycles. The lowest BCUT2D eigenvalue weighted by Crippen LogP contribution is -2.28. The highest BCUT2D eigenvalue weighted by Gasteiger charge is 2.03. The molecule has 0 aliphatic rings. The lowest BCUT2D eigenvalue weighted by Gasteiger charge is -2.19. The smallest absolute Gasteiger partial charge is 0.0595 e. The van der Waals surface area contributed by atoms with Crippen molar-refractivity contribution in [2.75, 3.05) is 34.2 Å². The fourth-order valence-electron chi connectivity index (χ4n) is 1.40. The Hall–Kier alpha value is -0.280. The molecule has 0 unspecified atom stereocenters. The second-order valence-electron chi connectivity index (χ2n) is 4.29. The van der Waals surface area contributed by atoms with Gasteiger partial charge in [0.1, 0.15) is 0 Å². The van der Waals surface area contributed by atoms with Crippen LogP contribution < -0.4 is 0 Å². The van der Waals surface area contributed by atoms with Crippen LogP contribution in [0.15, 0.2) is 18.2 Å². The van der Waals surface area contributed by atoms with E-state index in [0.29, 0.717) is 10.0 Å². The Morgan fingerprint density at radius 1 is 1.00 bits per heavy atom. The molecule has 0 heterocycles. The topological polar surface area (TPSA) is 6.48 Å². The van der Waals surface area contributed by atoms with Gasteiger partial charge in [0.25, 0.3) is 0 Å². The summed E-state index contributed by atoms with van der Waals surface area (Å²) < 4.78 is 0. The van der Waals surface area contributed by atoms with Crippen molar-refractivity contribution in [3.63, 3.8) is 0 Å². The van der Waals surface area contributed by atoms with Crippen molar-refractivity contribution < 1.29 is 0 Å². The van der Waals surface area contributed by atoms with Crippen LogP contribution in [0.4, 0.5) is 0 Å². The molecule has 0 aromatic heterocycles. The highest BCUT2D eigenvalue weighted by Crippen LogP contribution is 2.22. The van der Waals surface area contributed by atoms with E-state index in [9.17, 15) is 0 Å². The molecular formula is C12H18Cl2N2. The van der Waals surface area contributed by atoms with Crippen molar-refractivity contribution in [2.45, 2.75) is 6.54 Å². The highest BCUT2D eigenvalue weighted by atomic mass is 35.5. The van der Waals surface area contributed by atoms with Gasteiger partial charge in [0.05, 0.1) is 10.0 Å². The Kier molecular flexibility index (Phi) is 5.56. The van der Waals surface area contributed by atoms with Gasteiger partial charge in [-0.15, -0.1) is 0 Å². The van der Waals surface area contributed by atoms with E-state index in [4.69, 9.17) is 23.2 Å². The number of hydrogen-bond acceptors (Lipinski definition) is 2. The van der Waals surface area contributed by atoms with Gasteiger partial charge in [-0.3, -0.25) is 0 Å². The predicted octanol–water partition coefficient (Wildman–Crippen LogP) is 2.99. The zero-order valence-corrected chi connectivity index (χ0v) is 11.5. The molecule has 0 radical (unpaired) electrons.